The van der Waals surface area contributed by atoms with E-state index >= 15 is 0 Å². The lowest BCUT2D eigenvalue weighted by Crippen LogP contribution is -2.33. The fourth-order valence-electron chi connectivity index (χ4n) is 2.04. The number of nitrogens with two attached hydrogens (primary N) is 1. The maximum atomic E-state index is 13.2. The van der Waals surface area contributed by atoms with Crippen molar-refractivity contribution in [3.63, 3.8) is 0 Å². The predicted octanol–water partition coefficient (Wildman–Crippen LogP) is 2.48. The van der Waals surface area contributed by atoms with Gasteiger partial charge in [-0.1, -0.05) is 26.0 Å². The van der Waals surface area contributed by atoms with Crippen molar-refractivity contribution in [2.24, 2.45) is 5.73 Å². The molecule has 0 aliphatic heterocycles. The molecule has 1 atom stereocenters. The number of hydrogen-bond acceptors (Lipinski definition) is 2. The van der Waals surface area contributed by atoms with Gasteiger partial charge in [-0.25, -0.2) is 4.39 Å². The molecule has 2 N–H and O–H groups in total. The van der Waals surface area contributed by atoms with Crippen molar-refractivity contribution in [2.45, 2.75) is 26.8 Å². The molecule has 1 unspecified atom stereocenters. The average molecular weight is 224 g/mol. The first-order valence-corrected chi connectivity index (χ1v) is 5.84. The molecule has 1 aromatic carbocycles. The van der Waals surface area contributed by atoms with Crippen LogP contribution in [0.2, 0.25) is 0 Å². The van der Waals surface area contributed by atoms with E-state index in [-0.39, 0.29) is 11.9 Å². The minimum atomic E-state index is -0.154. The molecule has 90 valence electrons. The van der Waals surface area contributed by atoms with Crippen LogP contribution in [0.1, 0.15) is 31.0 Å². The van der Waals surface area contributed by atoms with Crippen LogP contribution >= 0.6 is 0 Å². The van der Waals surface area contributed by atoms with E-state index in [0.29, 0.717) is 12.1 Å². The van der Waals surface area contributed by atoms with Gasteiger partial charge in [0.1, 0.15) is 5.82 Å². The summed E-state index contributed by atoms with van der Waals surface area (Å²) in [6, 6.07) is 5.44. The first-order valence-electron chi connectivity index (χ1n) is 5.84. The van der Waals surface area contributed by atoms with Gasteiger partial charge in [0.05, 0.1) is 0 Å². The van der Waals surface area contributed by atoms with Gasteiger partial charge in [-0.15, -0.1) is 0 Å². The van der Waals surface area contributed by atoms with Crippen LogP contribution in [-0.4, -0.2) is 24.5 Å². The van der Waals surface area contributed by atoms with Crippen molar-refractivity contribution in [1.29, 1.82) is 0 Å². The Morgan fingerprint density at radius 1 is 1.31 bits per heavy atom. The van der Waals surface area contributed by atoms with E-state index in [1.165, 1.54) is 6.07 Å². The SMILES string of the molecule is CCN(CC)C(CN)c1ccc(F)c(C)c1. The Labute approximate surface area is 97.3 Å². The number of halogens is 1. The van der Waals surface area contributed by atoms with E-state index in [2.05, 4.69) is 18.7 Å². The fourth-order valence-corrected chi connectivity index (χ4v) is 2.04. The maximum absolute atomic E-state index is 13.2. The van der Waals surface area contributed by atoms with Gasteiger partial charge in [-0.2, -0.15) is 0 Å². The quantitative estimate of drug-likeness (QED) is 0.832. The van der Waals surface area contributed by atoms with Gasteiger partial charge in [0.25, 0.3) is 0 Å². The predicted molar refractivity (Wildman–Crippen MR) is 65.9 cm³/mol. The Bertz CT molecular complexity index is 335. The van der Waals surface area contributed by atoms with Crippen molar-refractivity contribution in [2.75, 3.05) is 19.6 Å². The lowest BCUT2D eigenvalue weighted by molar-refractivity contribution is 0.224. The molecule has 0 fully saturated rings. The highest BCUT2D eigenvalue weighted by atomic mass is 19.1. The summed E-state index contributed by atoms with van der Waals surface area (Å²) in [6.45, 7) is 8.48. The largest absolute Gasteiger partial charge is 0.329 e. The van der Waals surface area contributed by atoms with Crippen LogP contribution in [0, 0.1) is 12.7 Å². The summed E-state index contributed by atoms with van der Waals surface area (Å²) in [7, 11) is 0. The van der Waals surface area contributed by atoms with Crippen molar-refractivity contribution >= 4 is 0 Å². The smallest absolute Gasteiger partial charge is 0.126 e. The van der Waals surface area contributed by atoms with E-state index in [0.717, 1.165) is 18.7 Å². The molecule has 1 rings (SSSR count). The van der Waals surface area contributed by atoms with E-state index in [9.17, 15) is 4.39 Å². The van der Waals surface area contributed by atoms with E-state index < -0.39 is 0 Å². The highest BCUT2D eigenvalue weighted by Crippen LogP contribution is 2.21. The van der Waals surface area contributed by atoms with Crippen LogP contribution in [0.25, 0.3) is 0 Å². The zero-order valence-corrected chi connectivity index (χ0v) is 10.3. The van der Waals surface area contributed by atoms with E-state index in [1.807, 2.05) is 12.1 Å². The van der Waals surface area contributed by atoms with Crippen LogP contribution in [0.3, 0.4) is 0 Å². The molecule has 0 heterocycles. The monoisotopic (exact) mass is 224 g/mol. The molecule has 0 amide bonds. The molecule has 0 aromatic heterocycles. The molecule has 0 aliphatic carbocycles. The van der Waals surface area contributed by atoms with Crippen molar-refractivity contribution in [1.82, 2.24) is 4.90 Å². The Morgan fingerprint density at radius 3 is 2.38 bits per heavy atom. The highest BCUT2D eigenvalue weighted by Gasteiger charge is 2.16. The number of aryl methyl sites for hydroxylation is 1. The number of rotatable bonds is 5. The first kappa shape index (κ1) is 13.1. The lowest BCUT2D eigenvalue weighted by Gasteiger charge is -2.29. The van der Waals surface area contributed by atoms with Crippen molar-refractivity contribution in [3.8, 4) is 0 Å². The number of hydrogen-bond donors (Lipinski definition) is 1. The van der Waals surface area contributed by atoms with Crippen LogP contribution in [0.5, 0.6) is 0 Å². The third-order valence-electron chi connectivity index (χ3n) is 3.04. The molecule has 0 radical (unpaired) electrons. The van der Waals surface area contributed by atoms with E-state index in [4.69, 9.17) is 5.73 Å². The Morgan fingerprint density at radius 2 is 1.94 bits per heavy atom. The number of benzene rings is 1. The third-order valence-corrected chi connectivity index (χ3v) is 3.04. The zero-order valence-electron chi connectivity index (χ0n) is 10.3. The molecule has 2 nitrogen and oxygen atoms in total. The summed E-state index contributed by atoms with van der Waals surface area (Å²) < 4.78 is 13.2. The van der Waals surface area contributed by atoms with Crippen LogP contribution in [0.4, 0.5) is 4.39 Å². The zero-order chi connectivity index (χ0) is 12.1. The number of nitrogens with zero attached hydrogens (tertiary/aromatic N) is 1. The summed E-state index contributed by atoms with van der Waals surface area (Å²) in [5, 5.41) is 0. The van der Waals surface area contributed by atoms with Gasteiger partial charge in [-0.05, 0) is 37.2 Å². The second-order valence-corrected chi connectivity index (χ2v) is 3.98. The van der Waals surface area contributed by atoms with Crippen LogP contribution in [-0.2, 0) is 0 Å². The summed E-state index contributed by atoms with van der Waals surface area (Å²) >= 11 is 0. The minimum absolute atomic E-state index is 0.154. The summed E-state index contributed by atoms with van der Waals surface area (Å²) in [5.74, 6) is -0.154. The molecule has 0 spiro atoms. The maximum Gasteiger partial charge on any atom is 0.126 e. The normalized spacial score (nSPS) is 13.1. The topological polar surface area (TPSA) is 29.3 Å². The first-order chi connectivity index (χ1) is 7.63. The molecule has 1 aromatic rings. The standard InChI is InChI=1S/C13H21FN2/c1-4-16(5-2)13(9-15)11-6-7-12(14)10(3)8-11/h6-8,13H,4-5,9,15H2,1-3H3. The van der Waals surface area contributed by atoms with Gasteiger partial charge < -0.3 is 5.73 Å². The fraction of sp³-hybridized carbons (Fsp3) is 0.538. The Balaban J connectivity index is 2.98. The number of likely N-dealkylation sites (N-methyl/N-ethyl adjacent to an activating group) is 1. The van der Waals surface area contributed by atoms with Gasteiger partial charge in [-0.3, -0.25) is 4.90 Å². The van der Waals surface area contributed by atoms with Gasteiger partial charge in [0, 0.05) is 12.6 Å². The van der Waals surface area contributed by atoms with Crippen LogP contribution < -0.4 is 5.73 Å². The van der Waals surface area contributed by atoms with Gasteiger partial charge in [0.2, 0.25) is 0 Å². The summed E-state index contributed by atoms with van der Waals surface area (Å²) in [5.41, 5.74) is 7.59. The summed E-state index contributed by atoms with van der Waals surface area (Å²) in [4.78, 5) is 2.28. The second kappa shape index (κ2) is 5.97. The highest BCUT2D eigenvalue weighted by molar-refractivity contribution is 5.26. The molecule has 0 aliphatic rings. The molecule has 0 saturated heterocycles. The Hall–Kier alpha value is -0.930. The molecular formula is C13H21FN2. The van der Waals surface area contributed by atoms with Gasteiger partial charge in [0.15, 0.2) is 0 Å². The lowest BCUT2D eigenvalue weighted by atomic mass is 10.0. The van der Waals surface area contributed by atoms with E-state index in [1.54, 1.807) is 6.92 Å². The van der Waals surface area contributed by atoms with Gasteiger partial charge >= 0.3 is 0 Å². The molecule has 16 heavy (non-hydrogen) atoms. The van der Waals surface area contributed by atoms with Crippen molar-refractivity contribution in [3.05, 3.63) is 35.1 Å². The van der Waals surface area contributed by atoms with Crippen molar-refractivity contribution < 1.29 is 4.39 Å². The molecule has 3 heteroatoms. The molecule has 0 saturated carbocycles. The van der Waals surface area contributed by atoms with Crippen LogP contribution in [0.15, 0.2) is 18.2 Å². The molecule has 0 bridgehead atoms. The minimum Gasteiger partial charge on any atom is -0.329 e. The summed E-state index contributed by atoms with van der Waals surface area (Å²) in [6.07, 6.45) is 0. The second-order valence-electron chi connectivity index (χ2n) is 3.98. The third kappa shape index (κ3) is 2.80. The Kier molecular flexibility index (Phi) is 4.90. The molecular weight excluding hydrogens is 203 g/mol. The average Bonchev–Trinajstić information content (AvgIpc) is 2.29.